The van der Waals surface area contributed by atoms with Crippen LogP contribution in [0.1, 0.15) is 60.8 Å². The van der Waals surface area contributed by atoms with E-state index in [1.54, 1.807) is 0 Å². The third-order valence-electron chi connectivity index (χ3n) is 4.01. The molecule has 0 aromatic heterocycles. The number of hydrogen-bond donors (Lipinski definition) is 1. The molecule has 0 saturated heterocycles. The lowest BCUT2D eigenvalue weighted by Crippen LogP contribution is -2.43. The molecular weight excluding hydrogens is 170 g/mol. The van der Waals surface area contributed by atoms with E-state index < -0.39 is 0 Å². The van der Waals surface area contributed by atoms with Crippen LogP contribution in [0.2, 0.25) is 0 Å². The minimum Gasteiger partial charge on any atom is -0.325 e. The Kier molecular flexibility index (Phi) is 5.73. The van der Waals surface area contributed by atoms with E-state index in [-0.39, 0.29) is 5.54 Å². The third kappa shape index (κ3) is 4.00. The van der Waals surface area contributed by atoms with Gasteiger partial charge in [0, 0.05) is 5.54 Å². The first-order valence-corrected chi connectivity index (χ1v) is 6.14. The van der Waals surface area contributed by atoms with Crippen molar-refractivity contribution in [3.8, 4) is 0 Å². The third-order valence-corrected chi connectivity index (χ3v) is 4.01. The molecule has 86 valence electrons. The molecule has 0 amide bonds. The summed E-state index contributed by atoms with van der Waals surface area (Å²) in [4.78, 5) is 0. The summed E-state index contributed by atoms with van der Waals surface area (Å²) in [5.74, 6) is 2.24. The molecule has 0 aromatic carbocycles. The quantitative estimate of drug-likeness (QED) is 0.691. The molecule has 0 heterocycles. The molecule has 1 nitrogen and oxygen atoms in total. The van der Waals surface area contributed by atoms with Crippen LogP contribution in [0.15, 0.2) is 0 Å². The van der Waals surface area contributed by atoms with Gasteiger partial charge in [-0.2, -0.15) is 0 Å². The van der Waals surface area contributed by atoms with Gasteiger partial charge in [0.05, 0.1) is 0 Å². The smallest absolute Gasteiger partial charge is 0.0149 e. The summed E-state index contributed by atoms with van der Waals surface area (Å²) in [6, 6.07) is 0. The fourth-order valence-corrected chi connectivity index (χ4v) is 1.98. The second-order valence-electron chi connectivity index (χ2n) is 5.41. The fourth-order valence-electron chi connectivity index (χ4n) is 1.98. The zero-order valence-corrected chi connectivity index (χ0v) is 10.9. The van der Waals surface area contributed by atoms with Crippen LogP contribution in [0.3, 0.4) is 0 Å². The first kappa shape index (κ1) is 14.0. The van der Waals surface area contributed by atoms with Gasteiger partial charge in [-0.05, 0) is 37.5 Å². The zero-order chi connectivity index (χ0) is 11.4. The normalized spacial score (nSPS) is 20.6. The predicted molar refractivity (Wildman–Crippen MR) is 65.3 cm³/mol. The van der Waals surface area contributed by atoms with Crippen LogP contribution in [-0.4, -0.2) is 5.54 Å². The highest BCUT2D eigenvalue weighted by molar-refractivity contribution is 4.84. The van der Waals surface area contributed by atoms with Gasteiger partial charge in [0.15, 0.2) is 0 Å². The van der Waals surface area contributed by atoms with E-state index in [2.05, 4.69) is 41.5 Å². The molecule has 0 saturated carbocycles. The second-order valence-corrected chi connectivity index (χ2v) is 5.41. The van der Waals surface area contributed by atoms with Crippen molar-refractivity contribution in [1.29, 1.82) is 0 Å². The van der Waals surface area contributed by atoms with E-state index in [4.69, 9.17) is 5.73 Å². The molecule has 14 heavy (non-hydrogen) atoms. The van der Waals surface area contributed by atoms with E-state index in [1.165, 1.54) is 12.8 Å². The average Bonchev–Trinajstić information content (AvgIpc) is 2.12. The van der Waals surface area contributed by atoms with Crippen molar-refractivity contribution in [3.63, 3.8) is 0 Å². The Hall–Kier alpha value is -0.0400. The second kappa shape index (κ2) is 5.75. The highest BCUT2D eigenvalue weighted by Gasteiger charge is 2.27. The summed E-state index contributed by atoms with van der Waals surface area (Å²) in [6.45, 7) is 13.6. The van der Waals surface area contributed by atoms with Gasteiger partial charge in [0.2, 0.25) is 0 Å². The van der Waals surface area contributed by atoms with Gasteiger partial charge in [-0.15, -0.1) is 0 Å². The van der Waals surface area contributed by atoms with E-state index in [9.17, 15) is 0 Å². The Balaban J connectivity index is 4.21. The highest BCUT2D eigenvalue weighted by atomic mass is 14.7. The van der Waals surface area contributed by atoms with E-state index in [0.29, 0.717) is 5.92 Å². The first-order valence-electron chi connectivity index (χ1n) is 6.14. The Morgan fingerprint density at radius 1 is 1.14 bits per heavy atom. The molecule has 3 atom stereocenters. The molecule has 3 unspecified atom stereocenters. The van der Waals surface area contributed by atoms with Crippen molar-refractivity contribution in [2.24, 2.45) is 23.5 Å². The van der Waals surface area contributed by atoms with Crippen LogP contribution in [-0.2, 0) is 0 Å². The Morgan fingerprint density at radius 2 is 1.64 bits per heavy atom. The largest absolute Gasteiger partial charge is 0.325 e. The van der Waals surface area contributed by atoms with Crippen molar-refractivity contribution in [2.75, 3.05) is 0 Å². The molecule has 0 spiro atoms. The lowest BCUT2D eigenvalue weighted by molar-refractivity contribution is 0.218. The summed E-state index contributed by atoms with van der Waals surface area (Å²) < 4.78 is 0. The summed E-state index contributed by atoms with van der Waals surface area (Å²) in [5.41, 5.74) is 6.28. The molecule has 0 aliphatic heterocycles. The SMILES string of the molecule is CCC(CC(C)C(C)(N)CC)C(C)C. The van der Waals surface area contributed by atoms with Crippen molar-refractivity contribution >= 4 is 0 Å². The van der Waals surface area contributed by atoms with Gasteiger partial charge >= 0.3 is 0 Å². The van der Waals surface area contributed by atoms with Gasteiger partial charge in [-0.1, -0.05) is 41.0 Å². The van der Waals surface area contributed by atoms with Gasteiger partial charge in [0.1, 0.15) is 0 Å². The molecule has 0 rings (SSSR count). The van der Waals surface area contributed by atoms with Crippen LogP contribution >= 0.6 is 0 Å². The summed E-state index contributed by atoms with van der Waals surface area (Å²) in [6.07, 6.45) is 3.62. The first-order chi connectivity index (χ1) is 6.35. The van der Waals surface area contributed by atoms with Gasteiger partial charge in [-0.3, -0.25) is 0 Å². The predicted octanol–water partition coefficient (Wildman–Crippen LogP) is 3.82. The van der Waals surface area contributed by atoms with Crippen LogP contribution in [0.4, 0.5) is 0 Å². The summed E-state index contributed by atoms with van der Waals surface area (Å²) in [5, 5.41) is 0. The van der Waals surface area contributed by atoms with Gasteiger partial charge in [-0.25, -0.2) is 0 Å². The molecule has 1 heteroatoms. The average molecular weight is 199 g/mol. The Morgan fingerprint density at radius 3 is 1.93 bits per heavy atom. The monoisotopic (exact) mass is 199 g/mol. The summed E-state index contributed by atoms with van der Waals surface area (Å²) in [7, 11) is 0. The molecule has 0 fully saturated rings. The lowest BCUT2D eigenvalue weighted by atomic mass is 9.76. The number of rotatable bonds is 6. The maximum absolute atomic E-state index is 6.26. The van der Waals surface area contributed by atoms with Gasteiger partial charge in [0.25, 0.3) is 0 Å². The van der Waals surface area contributed by atoms with Crippen LogP contribution in [0, 0.1) is 17.8 Å². The van der Waals surface area contributed by atoms with Gasteiger partial charge < -0.3 is 5.73 Å². The maximum atomic E-state index is 6.26. The van der Waals surface area contributed by atoms with Crippen molar-refractivity contribution in [3.05, 3.63) is 0 Å². The molecular formula is C13H29N. The standard InChI is InChI=1S/C13H29N/c1-7-12(10(3)4)9-11(5)13(6,14)8-2/h10-12H,7-9,14H2,1-6H3. The lowest BCUT2D eigenvalue weighted by Gasteiger charge is -2.34. The van der Waals surface area contributed by atoms with Crippen molar-refractivity contribution in [1.82, 2.24) is 0 Å². The minimum atomic E-state index is 0.0162. The fraction of sp³-hybridized carbons (Fsp3) is 1.00. The zero-order valence-electron chi connectivity index (χ0n) is 10.9. The molecule has 0 aromatic rings. The van der Waals surface area contributed by atoms with Crippen molar-refractivity contribution in [2.45, 2.75) is 66.3 Å². The molecule has 0 aliphatic carbocycles. The van der Waals surface area contributed by atoms with E-state index in [1.807, 2.05) is 0 Å². The Bertz CT molecular complexity index is 149. The van der Waals surface area contributed by atoms with Crippen LogP contribution in [0.5, 0.6) is 0 Å². The summed E-state index contributed by atoms with van der Waals surface area (Å²) >= 11 is 0. The molecule has 2 N–H and O–H groups in total. The van der Waals surface area contributed by atoms with Crippen molar-refractivity contribution < 1.29 is 0 Å². The molecule has 0 aliphatic rings. The van der Waals surface area contributed by atoms with E-state index in [0.717, 1.165) is 18.3 Å². The molecule has 0 bridgehead atoms. The van der Waals surface area contributed by atoms with Crippen LogP contribution < -0.4 is 5.73 Å². The minimum absolute atomic E-state index is 0.0162. The Labute approximate surface area is 90.5 Å². The van der Waals surface area contributed by atoms with Crippen LogP contribution in [0.25, 0.3) is 0 Å². The number of nitrogens with two attached hydrogens (primary N) is 1. The topological polar surface area (TPSA) is 26.0 Å². The molecule has 0 radical (unpaired) electrons. The highest BCUT2D eigenvalue weighted by Crippen LogP contribution is 2.29. The van der Waals surface area contributed by atoms with E-state index >= 15 is 0 Å². The number of hydrogen-bond acceptors (Lipinski definition) is 1. The maximum Gasteiger partial charge on any atom is 0.0149 e.